The second-order valence-corrected chi connectivity index (χ2v) is 5.03. The van der Waals surface area contributed by atoms with E-state index in [-0.39, 0.29) is 0 Å². The second-order valence-electron chi connectivity index (χ2n) is 3.87. The summed E-state index contributed by atoms with van der Waals surface area (Å²) in [5.41, 5.74) is 0. The molecule has 1 N–H and O–H groups in total. The van der Waals surface area contributed by atoms with Gasteiger partial charge in [-0.05, 0) is 31.5 Å². The zero-order valence-electron chi connectivity index (χ0n) is 8.77. The van der Waals surface area contributed by atoms with Gasteiger partial charge in [-0.15, -0.1) is 11.3 Å². The van der Waals surface area contributed by atoms with Gasteiger partial charge < -0.3 is 5.11 Å². The van der Waals surface area contributed by atoms with Crippen LogP contribution in [-0.4, -0.2) is 28.6 Å². The van der Waals surface area contributed by atoms with Crippen molar-refractivity contribution in [2.24, 2.45) is 0 Å². The minimum Gasteiger partial charge on any atom is -0.477 e. The van der Waals surface area contributed by atoms with E-state index in [0.29, 0.717) is 4.88 Å². The first-order valence-corrected chi connectivity index (χ1v) is 6.08. The van der Waals surface area contributed by atoms with E-state index in [0.717, 1.165) is 24.0 Å². The molecule has 0 aliphatic heterocycles. The molecule has 82 valence electrons. The van der Waals surface area contributed by atoms with Crippen molar-refractivity contribution in [1.82, 2.24) is 4.90 Å². The number of hydrogen-bond donors (Lipinski definition) is 1. The normalized spacial score (nSPS) is 15.9. The summed E-state index contributed by atoms with van der Waals surface area (Å²) in [6.07, 6.45) is 2.59. The molecule has 4 heteroatoms. The van der Waals surface area contributed by atoms with Crippen molar-refractivity contribution in [2.75, 3.05) is 6.54 Å². The summed E-state index contributed by atoms with van der Waals surface area (Å²) >= 11 is 1.39. The quantitative estimate of drug-likeness (QED) is 0.836. The van der Waals surface area contributed by atoms with Crippen LogP contribution in [0.1, 0.15) is 34.3 Å². The van der Waals surface area contributed by atoms with Crippen LogP contribution in [0.2, 0.25) is 0 Å². The first-order chi connectivity index (χ1) is 7.20. The molecule has 0 bridgehead atoms. The highest BCUT2D eigenvalue weighted by atomic mass is 32.1. The standard InChI is InChI=1S/C11H15NO2S/c1-2-12(8-3-4-8)7-9-5-6-10(15-9)11(13)14/h5-6,8H,2-4,7H2,1H3,(H,13,14). The third-order valence-electron chi connectivity index (χ3n) is 2.70. The number of nitrogens with zero attached hydrogens (tertiary/aromatic N) is 1. The van der Waals surface area contributed by atoms with Crippen molar-refractivity contribution >= 4 is 17.3 Å². The Kier molecular flexibility index (Phi) is 3.07. The summed E-state index contributed by atoms with van der Waals surface area (Å²) in [4.78, 5) is 14.7. The Hall–Kier alpha value is -0.870. The van der Waals surface area contributed by atoms with Crippen LogP contribution < -0.4 is 0 Å². The van der Waals surface area contributed by atoms with E-state index in [9.17, 15) is 4.79 Å². The predicted molar refractivity (Wildman–Crippen MR) is 60.4 cm³/mol. The lowest BCUT2D eigenvalue weighted by Crippen LogP contribution is -2.24. The van der Waals surface area contributed by atoms with Crippen molar-refractivity contribution in [2.45, 2.75) is 32.4 Å². The summed E-state index contributed by atoms with van der Waals surface area (Å²) in [6.45, 7) is 4.11. The van der Waals surface area contributed by atoms with E-state index in [1.54, 1.807) is 6.07 Å². The molecule has 1 heterocycles. The third kappa shape index (κ3) is 2.58. The highest BCUT2D eigenvalue weighted by Crippen LogP contribution is 2.29. The molecular formula is C11H15NO2S. The Balaban J connectivity index is 1.99. The maximum atomic E-state index is 10.7. The third-order valence-corrected chi connectivity index (χ3v) is 3.76. The van der Waals surface area contributed by atoms with Gasteiger partial charge in [-0.3, -0.25) is 4.90 Å². The van der Waals surface area contributed by atoms with E-state index in [1.165, 1.54) is 24.2 Å². The summed E-state index contributed by atoms with van der Waals surface area (Å²) in [5.74, 6) is -0.819. The smallest absolute Gasteiger partial charge is 0.345 e. The van der Waals surface area contributed by atoms with Gasteiger partial charge in [0, 0.05) is 17.5 Å². The lowest BCUT2D eigenvalue weighted by atomic mass is 10.4. The maximum Gasteiger partial charge on any atom is 0.345 e. The highest BCUT2D eigenvalue weighted by Gasteiger charge is 2.27. The highest BCUT2D eigenvalue weighted by molar-refractivity contribution is 7.13. The van der Waals surface area contributed by atoms with Crippen LogP contribution in [0.25, 0.3) is 0 Å². The molecule has 1 aliphatic carbocycles. The van der Waals surface area contributed by atoms with Crippen molar-refractivity contribution < 1.29 is 9.90 Å². The van der Waals surface area contributed by atoms with Crippen LogP contribution in [0.15, 0.2) is 12.1 Å². The minimum atomic E-state index is -0.819. The van der Waals surface area contributed by atoms with E-state index in [2.05, 4.69) is 11.8 Å². The first kappa shape index (κ1) is 10.6. The van der Waals surface area contributed by atoms with Gasteiger partial charge in [0.15, 0.2) is 0 Å². The molecule has 0 radical (unpaired) electrons. The molecule has 2 rings (SSSR count). The summed E-state index contributed by atoms with van der Waals surface area (Å²) < 4.78 is 0. The van der Waals surface area contributed by atoms with Crippen LogP contribution in [0, 0.1) is 0 Å². The Morgan fingerprint density at radius 2 is 2.33 bits per heavy atom. The van der Waals surface area contributed by atoms with Crippen LogP contribution in [0.3, 0.4) is 0 Å². The molecule has 1 aromatic heterocycles. The van der Waals surface area contributed by atoms with Crippen LogP contribution in [0.5, 0.6) is 0 Å². The molecule has 3 nitrogen and oxygen atoms in total. The number of thiophene rings is 1. The Morgan fingerprint density at radius 1 is 1.60 bits per heavy atom. The van der Waals surface area contributed by atoms with Gasteiger partial charge in [0.1, 0.15) is 4.88 Å². The van der Waals surface area contributed by atoms with Crippen LogP contribution in [-0.2, 0) is 6.54 Å². The molecule has 1 aromatic rings. The molecule has 0 amide bonds. The number of carboxylic acid groups (broad SMARTS) is 1. The molecule has 1 aliphatic rings. The topological polar surface area (TPSA) is 40.5 Å². The molecule has 0 unspecified atom stereocenters. The molecule has 0 spiro atoms. The maximum absolute atomic E-state index is 10.7. The Bertz CT molecular complexity index is 357. The average Bonchev–Trinajstić information content (AvgIpc) is 2.94. The van der Waals surface area contributed by atoms with Crippen molar-refractivity contribution in [1.29, 1.82) is 0 Å². The predicted octanol–water partition coefficient (Wildman–Crippen LogP) is 2.43. The zero-order valence-corrected chi connectivity index (χ0v) is 9.59. The molecule has 0 aromatic carbocycles. The molecular weight excluding hydrogens is 210 g/mol. The number of hydrogen-bond acceptors (Lipinski definition) is 3. The van der Waals surface area contributed by atoms with Crippen LogP contribution >= 0.6 is 11.3 Å². The summed E-state index contributed by atoms with van der Waals surface area (Å²) in [7, 11) is 0. The van der Waals surface area contributed by atoms with Gasteiger partial charge >= 0.3 is 5.97 Å². The van der Waals surface area contributed by atoms with Gasteiger partial charge in [0.05, 0.1) is 0 Å². The van der Waals surface area contributed by atoms with Crippen molar-refractivity contribution in [3.8, 4) is 0 Å². The van der Waals surface area contributed by atoms with Crippen molar-refractivity contribution in [3.05, 3.63) is 21.9 Å². The Morgan fingerprint density at radius 3 is 2.80 bits per heavy atom. The zero-order chi connectivity index (χ0) is 10.8. The van der Waals surface area contributed by atoms with Gasteiger partial charge in [-0.1, -0.05) is 6.92 Å². The van der Waals surface area contributed by atoms with Gasteiger partial charge in [0.25, 0.3) is 0 Å². The molecule has 1 fully saturated rings. The lowest BCUT2D eigenvalue weighted by molar-refractivity contribution is 0.0702. The minimum absolute atomic E-state index is 0.442. The fraction of sp³-hybridized carbons (Fsp3) is 0.545. The number of carbonyl (C=O) groups is 1. The molecule has 0 saturated heterocycles. The van der Waals surface area contributed by atoms with E-state index in [4.69, 9.17) is 5.11 Å². The first-order valence-electron chi connectivity index (χ1n) is 5.26. The molecule has 0 atom stereocenters. The SMILES string of the molecule is CCN(Cc1ccc(C(=O)O)s1)C1CC1. The largest absolute Gasteiger partial charge is 0.477 e. The van der Waals surface area contributed by atoms with E-state index >= 15 is 0 Å². The van der Waals surface area contributed by atoms with Crippen LogP contribution in [0.4, 0.5) is 0 Å². The van der Waals surface area contributed by atoms with Gasteiger partial charge in [0.2, 0.25) is 0 Å². The Labute approximate surface area is 93.3 Å². The molecule has 15 heavy (non-hydrogen) atoms. The average molecular weight is 225 g/mol. The summed E-state index contributed by atoms with van der Waals surface area (Å²) in [5, 5.41) is 8.81. The van der Waals surface area contributed by atoms with Crippen molar-refractivity contribution in [3.63, 3.8) is 0 Å². The summed E-state index contributed by atoms with van der Waals surface area (Å²) in [6, 6.07) is 4.37. The second kappa shape index (κ2) is 4.33. The monoisotopic (exact) mass is 225 g/mol. The number of carboxylic acids is 1. The molecule has 1 saturated carbocycles. The number of aromatic carboxylic acids is 1. The fourth-order valence-corrected chi connectivity index (χ4v) is 2.59. The van der Waals surface area contributed by atoms with E-state index in [1.807, 2.05) is 6.07 Å². The fourth-order valence-electron chi connectivity index (χ4n) is 1.72. The van der Waals surface area contributed by atoms with Gasteiger partial charge in [-0.25, -0.2) is 4.79 Å². The van der Waals surface area contributed by atoms with Gasteiger partial charge in [-0.2, -0.15) is 0 Å². The van der Waals surface area contributed by atoms with E-state index < -0.39 is 5.97 Å². The number of rotatable bonds is 5. The lowest BCUT2D eigenvalue weighted by Gasteiger charge is -2.18.